The molecule has 5 nitrogen and oxygen atoms in total. The first-order chi connectivity index (χ1) is 11.8. The largest absolute Gasteiger partial charge is 0.379 e. The maximum absolute atomic E-state index is 12.5. The summed E-state index contributed by atoms with van der Waals surface area (Å²) in [6, 6.07) is 10.4. The van der Waals surface area contributed by atoms with Gasteiger partial charge in [0.05, 0.1) is 19.3 Å². The zero-order chi connectivity index (χ0) is 16.6. The van der Waals surface area contributed by atoms with Crippen LogP contribution in [0.5, 0.6) is 0 Å². The van der Waals surface area contributed by atoms with Gasteiger partial charge in [-0.25, -0.2) is 0 Å². The SMILES string of the molecule is Cl.Cl.O=C(CCC1CCNC1)NC(CN1CCOCC1)c1ccccc1. The fourth-order valence-electron chi connectivity index (χ4n) is 3.52. The van der Waals surface area contributed by atoms with Gasteiger partial charge in [-0.3, -0.25) is 9.69 Å². The number of hydrogen-bond donors (Lipinski definition) is 2. The maximum atomic E-state index is 12.5. The molecule has 0 aliphatic carbocycles. The van der Waals surface area contributed by atoms with Crippen molar-refractivity contribution in [3.8, 4) is 0 Å². The summed E-state index contributed by atoms with van der Waals surface area (Å²) in [5, 5.41) is 6.63. The maximum Gasteiger partial charge on any atom is 0.220 e. The minimum Gasteiger partial charge on any atom is -0.379 e. The number of benzene rings is 1. The quantitative estimate of drug-likeness (QED) is 0.733. The van der Waals surface area contributed by atoms with Crippen LogP contribution in [0.2, 0.25) is 0 Å². The molecule has 3 rings (SSSR count). The highest BCUT2D eigenvalue weighted by molar-refractivity contribution is 5.85. The van der Waals surface area contributed by atoms with Crippen molar-refractivity contribution in [2.45, 2.75) is 25.3 Å². The molecule has 1 aromatic carbocycles. The van der Waals surface area contributed by atoms with Gasteiger partial charge in [0.2, 0.25) is 5.91 Å². The van der Waals surface area contributed by atoms with Gasteiger partial charge in [0.25, 0.3) is 0 Å². The number of ether oxygens (including phenoxy) is 1. The molecule has 0 spiro atoms. The van der Waals surface area contributed by atoms with Gasteiger partial charge in [0, 0.05) is 26.1 Å². The Morgan fingerprint density at radius 1 is 1.23 bits per heavy atom. The van der Waals surface area contributed by atoms with E-state index in [-0.39, 0.29) is 36.8 Å². The number of carbonyl (C=O) groups is 1. The molecular formula is C19H31Cl2N3O2. The molecule has 2 unspecified atom stereocenters. The van der Waals surface area contributed by atoms with Gasteiger partial charge in [-0.05, 0) is 37.4 Å². The Hall–Kier alpha value is -0.850. The molecule has 2 atom stereocenters. The van der Waals surface area contributed by atoms with E-state index in [0.717, 1.165) is 52.4 Å². The first kappa shape index (κ1) is 23.2. The van der Waals surface area contributed by atoms with E-state index in [0.29, 0.717) is 12.3 Å². The van der Waals surface area contributed by atoms with Crippen LogP contribution in [0.4, 0.5) is 0 Å². The van der Waals surface area contributed by atoms with Crippen LogP contribution in [0.25, 0.3) is 0 Å². The predicted octanol–water partition coefficient (Wildman–Crippen LogP) is 2.41. The molecule has 2 N–H and O–H groups in total. The van der Waals surface area contributed by atoms with Crippen molar-refractivity contribution in [3.05, 3.63) is 35.9 Å². The smallest absolute Gasteiger partial charge is 0.220 e. The third-order valence-corrected chi connectivity index (χ3v) is 5.02. The third kappa shape index (κ3) is 7.41. The van der Waals surface area contributed by atoms with E-state index < -0.39 is 0 Å². The van der Waals surface area contributed by atoms with Crippen molar-refractivity contribution in [1.82, 2.24) is 15.5 Å². The molecule has 1 aromatic rings. The fourth-order valence-corrected chi connectivity index (χ4v) is 3.52. The van der Waals surface area contributed by atoms with E-state index in [2.05, 4.69) is 27.7 Å². The Labute approximate surface area is 169 Å². The first-order valence-electron chi connectivity index (χ1n) is 9.16. The van der Waals surface area contributed by atoms with Gasteiger partial charge in [-0.1, -0.05) is 30.3 Å². The van der Waals surface area contributed by atoms with E-state index >= 15 is 0 Å². The van der Waals surface area contributed by atoms with Crippen LogP contribution in [0.1, 0.15) is 30.9 Å². The minimum atomic E-state index is 0. The Morgan fingerprint density at radius 2 is 1.96 bits per heavy atom. The number of morpholine rings is 1. The van der Waals surface area contributed by atoms with Crippen molar-refractivity contribution in [2.24, 2.45) is 5.92 Å². The van der Waals surface area contributed by atoms with Gasteiger partial charge in [0.1, 0.15) is 0 Å². The van der Waals surface area contributed by atoms with E-state index in [4.69, 9.17) is 4.74 Å². The summed E-state index contributed by atoms with van der Waals surface area (Å²) < 4.78 is 5.43. The lowest BCUT2D eigenvalue weighted by Gasteiger charge is -2.31. The Kier molecular flexibility index (Phi) is 11.2. The van der Waals surface area contributed by atoms with Crippen molar-refractivity contribution >= 4 is 30.7 Å². The van der Waals surface area contributed by atoms with Crippen LogP contribution in [0, 0.1) is 5.92 Å². The van der Waals surface area contributed by atoms with Gasteiger partial charge in [-0.2, -0.15) is 0 Å². The van der Waals surface area contributed by atoms with Crippen molar-refractivity contribution in [1.29, 1.82) is 0 Å². The summed E-state index contributed by atoms with van der Waals surface area (Å²) in [4.78, 5) is 14.8. The van der Waals surface area contributed by atoms with Crippen LogP contribution >= 0.6 is 24.8 Å². The topological polar surface area (TPSA) is 53.6 Å². The third-order valence-electron chi connectivity index (χ3n) is 5.02. The molecule has 0 bridgehead atoms. The van der Waals surface area contributed by atoms with E-state index in [1.54, 1.807) is 0 Å². The number of nitrogens with one attached hydrogen (secondary N) is 2. The monoisotopic (exact) mass is 403 g/mol. The van der Waals surface area contributed by atoms with E-state index in [1.807, 2.05) is 18.2 Å². The molecule has 7 heteroatoms. The highest BCUT2D eigenvalue weighted by Gasteiger charge is 2.21. The fraction of sp³-hybridized carbons (Fsp3) is 0.632. The molecule has 148 valence electrons. The van der Waals surface area contributed by atoms with Gasteiger partial charge in [0.15, 0.2) is 0 Å². The van der Waals surface area contributed by atoms with Crippen LogP contribution in [-0.4, -0.2) is 56.7 Å². The molecule has 2 fully saturated rings. The highest BCUT2D eigenvalue weighted by atomic mass is 35.5. The standard InChI is InChI=1S/C19H29N3O2.2ClH/c23-19(7-6-16-8-9-20-14-16)21-18(17-4-2-1-3-5-17)15-22-10-12-24-13-11-22;;/h1-5,16,18,20H,6-15H2,(H,21,23);2*1H. The Morgan fingerprint density at radius 3 is 2.62 bits per heavy atom. The van der Waals surface area contributed by atoms with Crippen LogP contribution < -0.4 is 10.6 Å². The van der Waals surface area contributed by atoms with Gasteiger partial charge in [-0.15, -0.1) is 24.8 Å². The molecule has 2 heterocycles. The molecular weight excluding hydrogens is 373 g/mol. The molecule has 2 aliphatic rings. The zero-order valence-electron chi connectivity index (χ0n) is 15.2. The molecule has 2 aliphatic heterocycles. The predicted molar refractivity (Wildman–Crippen MR) is 109 cm³/mol. The average Bonchev–Trinajstić information content (AvgIpc) is 3.15. The van der Waals surface area contributed by atoms with Crippen LogP contribution in [-0.2, 0) is 9.53 Å². The van der Waals surface area contributed by atoms with E-state index in [1.165, 1.54) is 12.0 Å². The first-order valence-corrected chi connectivity index (χ1v) is 9.16. The number of nitrogens with zero attached hydrogens (tertiary/aromatic N) is 1. The van der Waals surface area contributed by atoms with Crippen molar-refractivity contribution < 1.29 is 9.53 Å². The second-order valence-electron chi connectivity index (χ2n) is 6.84. The molecule has 26 heavy (non-hydrogen) atoms. The molecule has 0 radical (unpaired) electrons. The average molecular weight is 404 g/mol. The number of hydrogen-bond acceptors (Lipinski definition) is 4. The van der Waals surface area contributed by atoms with Crippen LogP contribution in [0.3, 0.4) is 0 Å². The van der Waals surface area contributed by atoms with Crippen molar-refractivity contribution in [2.75, 3.05) is 45.9 Å². The summed E-state index contributed by atoms with van der Waals surface area (Å²) in [6.07, 6.45) is 2.81. The number of amides is 1. The lowest BCUT2D eigenvalue weighted by molar-refractivity contribution is -0.122. The molecule has 1 amide bonds. The van der Waals surface area contributed by atoms with Crippen LogP contribution in [0.15, 0.2) is 30.3 Å². The molecule has 2 saturated heterocycles. The molecule has 0 saturated carbocycles. The Balaban J connectivity index is 0.00000169. The number of halogens is 2. The lowest BCUT2D eigenvalue weighted by Crippen LogP contribution is -2.43. The van der Waals surface area contributed by atoms with Gasteiger partial charge >= 0.3 is 0 Å². The normalized spacial score (nSPS) is 21.3. The minimum absolute atomic E-state index is 0. The lowest BCUT2D eigenvalue weighted by atomic mass is 10.0. The Bertz CT molecular complexity index is 507. The second-order valence-corrected chi connectivity index (χ2v) is 6.84. The summed E-state index contributed by atoms with van der Waals surface area (Å²) in [6.45, 7) is 6.44. The number of rotatable bonds is 7. The zero-order valence-corrected chi connectivity index (χ0v) is 16.8. The number of carbonyl (C=O) groups excluding carboxylic acids is 1. The summed E-state index contributed by atoms with van der Waals surface area (Å²) >= 11 is 0. The summed E-state index contributed by atoms with van der Waals surface area (Å²) in [5.41, 5.74) is 1.18. The van der Waals surface area contributed by atoms with E-state index in [9.17, 15) is 4.79 Å². The van der Waals surface area contributed by atoms with Crippen molar-refractivity contribution in [3.63, 3.8) is 0 Å². The molecule has 0 aromatic heterocycles. The second kappa shape index (κ2) is 12.5. The summed E-state index contributed by atoms with van der Waals surface area (Å²) in [7, 11) is 0. The van der Waals surface area contributed by atoms with Gasteiger partial charge < -0.3 is 15.4 Å². The summed E-state index contributed by atoms with van der Waals surface area (Å²) in [5.74, 6) is 0.828. The highest BCUT2D eigenvalue weighted by Crippen LogP contribution is 2.18.